The van der Waals surface area contributed by atoms with Crippen molar-refractivity contribution in [3.63, 3.8) is 0 Å². The van der Waals surface area contributed by atoms with Gasteiger partial charge in [-0.15, -0.1) is 0 Å². The second kappa shape index (κ2) is 6.96. The minimum atomic E-state index is -0.436. The summed E-state index contributed by atoms with van der Waals surface area (Å²) < 4.78 is 5.03. The zero-order valence-electron chi connectivity index (χ0n) is 10.8. The monoisotopic (exact) mass is 253 g/mol. The van der Waals surface area contributed by atoms with E-state index in [1.165, 1.54) is 19.2 Å². The Balaban J connectivity index is 2.75. The average Bonchev–Trinajstić information content (AvgIpc) is 2.36. The second-order valence-corrected chi connectivity index (χ2v) is 4.28. The topological polar surface area (TPSA) is 72.6 Å². The maximum atomic E-state index is 10.8. The Kier molecular flexibility index (Phi) is 5.58. The van der Waals surface area contributed by atoms with Crippen molar-refractivity contribution >= 4 is 5.69 Å². The maximum absolute atomic E-state index is 10.8. The molecule has 1 aromatic rings. The van der Waals surface area contributed by atoms with E-state index in [2.05, 4.69) is 0 Å². The minimum absolute atomic E-state index is 0.0225. The van der Waals surface area contributed by atoms with E-state index in [1.54, 1.807) is 6.07 Å². The van der Waals surface area contributed by atoms with Crippen molar-refractivity contribution in [2.45, 2.75) is 38.7 Å². The molecule has 0 aliphatic carbocycles. The summed E-state index contributed by atoms with van der Waals surface area (Å²) >= 11 is 0. The van der Waals surface area contributed by atoms with Crippen LogP contribution in [0.4, 0.5) is 5.69 Å². The molecule has 1 aromatic carbocycles. The van der Waals surface area contributed by atoms with E-state index in [-0.39, 0.29) is 11.8 Å². The number of nitrogens with zero attached hydrogens (tertiary/aromatic N) is 1. The van der Waals surface area contributed by atoms with Gasteiger partial charge in [-0.1, -0.05) is 13.3 Å². The largest absolute Gasteiger partial charge is 0.496 e. The molecule has 0 aliphatic heterocycles. The number of hydrogen-bond donors (Lipinski definition) is 1. The van der Waals surface area contributed by atoms with Crippen LogP contribution in [-0.2, 0) is 6.42 Å². The molecule has 0 heterocycles. The van der Waals surface area contributed by atoms with Gasteiger partial charge in [0.05, 0.1) is 24.2 Å². The molecule has 0 spiro atoms. The number of non-ortho nitro benzene ring substituents is 1. The highest BCUT2D eigenvalue weighted by Crippen LogP contribution is 2.23. The number of nitro benzene ring substituents is 1. The normalized spacial score (nSPS) is 12.2. The Morgan fingerprint density at radius 3 is 2.67 bits per heavy atom. The third-order valence-electron chi connectivity index (χ3n) is 2.79. The standard InChI is InChI=1S/C13H19NO4/c1-3-4-12(15)6-5-10-7-11(14(16)17)9-13(8-10)18-2/h7-9,12,15H,3-6H2,1-2H3. The molecule has 0 fully saturated rings. The van der Waals surface area contributed by atoms with Crippen molar-refractivity contribution < 1.29 is 14.8 Å². The Morgan fingerprint density at radius 1 is 1.39 bits per heavy atom. The second-order valence-electron chi connectivity index (χ2n) is 4.28. The molecule has 1 unspecified atom stereocenters. The van der Waals surface area contributed by atoms with E-state index in [0.717, 1.165) is 18.4 Å². The molecule has 1 rings (SSSR count). The van der Waals surface area contributed by atoms with Gasteiger partial charge in [-0.3, -0.25) is 10.1 Å². The maximum Gasteiger partial charge on any atom is 0.273 e. The molecule has 1 atom stereocenters. The first-order valence-corrected chi connectivity index (χ1v) is 6.07. The molecule has 100 valence electrons. The van der Waals surface area contributed by atoms with E-state index in [4.69, 9.17) is 4.74 Å². The number of benzene rings is 1. The molecule has 0 amide bonds. The SMILES string of the molecule is CCCC(O)CCc1cc(OC)cc([N+](=O)[O-])c1. The van der Waals surface area contributed by atoms with E-state index < -0.39 is 4.92 Å². The zero-order valence-corrected chi connectivity index (χ0v) is 10.8. The van der Waals surface area contributed by atoms with Crippen LogP contribution in [0.5, 0.6) is 5.75 Å². The van der Waals surface area contributed by atoms with Crippen molar-refractivity contribution in [3.05, 3.63) is 33.9 Å². The summed E-state index contributed by atoms with van der Waals surface area (Å²) in [7, 11) is 1.48. The average molecular weight is 253 g/mol. The summed E-state index contributed by atoms with van der Waals surface area (Å²) in [5.74, 6) is 0.476. The summed E-state index contributed by atoms with van der Waals surface area (Å²) in [6, 6.07) is 4.69. The van der Waals surface area contributed by atoms with E-state index >= 15 is 0 Å². The van der Waals surface area contributed by atoms with Gasteiger partial charge in [-0.25, -0.2) is 0 Å². The van der Waals surface area contributed by atoms with Crippen molar-refractivity contribution in [3.8, 4) is 5.75 Å². The highest BCUT2D eigenvalue weighted by Gasteiger charge is 2.11. The van der Waals surface area contributed by atoms with Crippen LogP contribution in [-0.4, -0.2) is 23.2 Å². The van der Waals surface area contributed by atoms with Gasteiger partial charge in [0.2, 0.25) is 0 Å². The summed E-state index contributed by atoms with van der Waals surface area (Å²) in [6.45, 7) is 2.01. The number of methoxy groups -OCH3 is 1. The molecule has 0 saturated carbocycles. The van der Waals surface area contributed by atoms with Crippen LogP contribution in [0.15, 0.2) is 18.2 Å². The predicted octanol–water partition coefficient (Wildman–Crippen LogP) is 2.70. The van der Waals surface area contributed by atoms with Gasteiger partial charge in [0.1, 0.15) is 5.75 Å². The van der Waals surface area contributed by atoms with Gasteiger partial charge in [0.25, 0.3) is 5.69 Å². The number of aryl methyl sites for hydroxylation is 1. The Bertz CT molecular complexity index is 406. The highest BCUT2D eigenvalue weighted by atomic mass is 16.6. The third-order valence-corrected chi connectivity index (χ3v) is 2.79. The lowest BCUT2D eigenvalue weighted by atomic mass is 10.0. The number of aliphatic hydroxyl groups excluding tert-OH is 1. The number of aliphatic hydroxyl groups is 1. The quantitative estimate of drug-likeness (QED) is 0.599. The fourth-order valence-corrected chi connectivity index (χ4v) is 1.82. The Hall–Kier alpha value is -1.62. The van der Waals surface area contributed by atoms with Crippen LogP contribution in [0.1, 0.15) is 31.7 Å². The molecule has 0 saturated heterocycles. The Labute approximate surface area is 107 Å². The molecule has 5 heteroatoms. The van der Waals surface area contributed by atoms with Crippen molar-refractivity contribution in [2.24, 2.45) is 0 Å². The predicted molar refractivity (Wildman–Crippen MR) is 68.9 cm³/mol. The molecule has 18 heavy (non-hydrogen) atoms. The Morgan fingerprint density at radius 2 is 2.11 bits per heavy atom. The number of rotatable bonds is 7. The van der Waals surface area contributed by atoms with Crippen LogP contribution in [0.25, 0.3) is 0 Å². The fraction of sp³-hybridized carbons (Fsp3) is 0.538. The lowest BCUT2D eigenvalue weighted by Crippen LogP contribution is -2.07. The molecule has 1 N–H and O–H groups in total. The van der Waals surface area contributed by atoms with Crippen LogP contribution in [0, 0.1) is 10.1 Å². The van der Waals surface area contributed by atoms with Crippen LogP contribution < -0.4 is 4.74 Å². The van der Waals surface area contributed by atoms with Gasteiger partial charge >= 0.3 is 0 Å². The lowest BCUT2D eigenvalue weighted by molar-refractivity contribution is -0.385. The summed E-state index contributed by atoms with van der Waals surface area (Å²) in [5, 5.41) is 20.4. The molecule has 0 radical (unpaired) electrons. The fourth-order valence-electron chi connectivity index (χ4n) is 1.82. The first-order chi connectivity index (χ1) is 8.56. The summed E-state index contributed by atoms with van der Waals surface area (Å²) in [6.07, 6.45) is 2.56. The van der Waals surface area contributed by atoms with E-state index in [0.29, 0.717) is 18.6 Å². The zero-order chi connectivity index (χ0) is 13.5. The molecule has 0 aliphatic rings. The molecular formula is C13H19NO4. The first-order valence-electron chi connectivity index (χ1n) is 6.07. The molecule has 0 aromatic heterocycles. The van der Waals surface area contributed by atoms with Crippen LogP contribution in [0.2, 0.25) is 0 Å². The van der Waals surface area contributed by atoms with Gasteiger partial charge in [0, 0.05) is 6.07 Å². The lowest BCUT2D eigenvalue weighted by Gasteiger charge is -2.09. The minimum Gasteiger partial charge on any atom is -0.496 e. The first kappa shape index (κ1) is 14.4. The van der Waals surface area contributed by atoms with Crippen molar-refractivity contribution in [2.75, 3.05) is 7.11 Å². The molecule has 0 bridgehead atoms. The van der Waals surface area contributed by atoms with E-state index in [9.17, 15) is 15.2 Å². The number of nitro groups is 1. The third kappa shape index (κ3) is 4.33. The number of hydrogen-bond acceptors (Lipinski definition) is 4. The van der Waals surface area contributed by atoms with Crippen molar-refractivity contribution in [1.29, 1.82) is 0 Å². The smallest absolute Gasteiger partial charge is 0.273 e. The summed E-state index contributed by atoms with van der Waals surface area (Å²) in [5.41, 5.74) is 0.838. The highest BCUT2D eigenvalue weighted by molar-refractivity contribution is 5.42. The van der Waals surface area contributed by atoms with E-state index in [1.807, 2.05) is 6.92 Å². The van der Waals surface area contributed by atoms with Crippen LogP contribution in [0.3, 0.4) is 0 Å². The molecular weight excluding hydrogens is 234 g/mol. The van der Waals surface area contributed by atoms with Gasteiger partial charge in [-0.05, 0) is 30.9 Å². The van der Waals surface area contributed by atoms with Crippen molar-refractivity contribution in [1.82, 2.24) is 0 Å². The van der Waals surface area contributed by atoms with Gasteiger partial charge in [0.15, 0.2) is 0 Å². The van der Waals surface area contributed by atoms with Crippen LogP contribution >= 0.6 is 0 Å². The van der Waals surface area contributed by atoms with Gasteiger partial charge < -0.3 is 9.84 Å². The number of ether oxygens (including phenoxy) is 1. The molecule has 5 nitrogen and oxygen atoms in total. The van der Waals surface area contributed by atoms with Gasteiger partial charge in [-0.2, -0.15) is 0 Å². The summed E-state index contributed by atoms with van der Waals surface area (Å²) in [4.78, 5) is 10.3.